The Bertz CT molecular complexity index is 783. The summed E-state index contributed by atoms with van der Waals surface area (Å²) in [6, 6.07) is 0. The predicted molar refractivity (Wildman–Crippen MR) is 75.4 cm³/mol. The molecule has 0 radical (unpaired) electrons. The van der Waals surface area contributed by atoms with E-state index in [1.807, 2.05) is 0 Å². The van der Waals surface area contributed by atoms with Gasteiger partial charge in [-0.2, -0.15) is 0 Å². The molecule has 2 unspecified atom stereocenters. The van der Waals surface area contributed by atoms with Crippen LogP contribution in [0.4, 0.5) is 22.0 Å². The number of fused-ring (bicyclic) bond motifs is 2. The van der Waals surface area contributed by atoms with Gasteiger partial charge in [0.15, 0.2) is 29.1 Å². The number of halogens is 5. The lowest BCUT2D eigenvalue weighted by Crippen LogP contribution is -2.32. The highest BCUT2D eigenvalue weighted by Gasteiger charge is 2.65. The maximum Gasteiger partial charge on any atom is 0.200 e. The second kappa shape index (κ2) is 4.80. The largest absolute Gasteiger partial charge is 0.507 e. The quantitative estimate of drug-likeness (QED) is 0.264. The molecule has 3 rings (SSSR count). The van der Waals surface area contributed by atoms with Gasteiger partial charge in [-0.05, 0) is 24.2 Å². The lowest BCUT2D eigenvalue weighted by Gasteiger charge is -2.31. The molecule has 2 aliphatic carbocycles. The summed E-state index contributed by atoms with van der Waals surface area (Å²) in [5.41, 5.74) is -3.12. The molecule has 1 N–H and O–H groups in total. The van der Waals surface area contributed by atoms with E-state index in [2.05, 4.69) is 0 Å². The maximum absolute atomic E-state index is 13.9. The fourth-order valence-electron chi connectivity index (χ4n) is 4.09. The SMILES string of the molecule is CC12CCC(C(=C(O)c3c(F)c(F)c(F)c(F)c3F)C1=O)C2(C)C. The number of aliphatic hydroxyl groups is 1. The summed E-state index contributed by atoms with van der Waals surface area (Å²) in [4.78, 5) is 12.7. The predicted octanol–water partition coefficient (Wildman–Crippen LogP) is 4.68. The molecule has 2 atom stereocenters. The number of Topliss-reactive ketones (excluding diaryl/α,β-unsaturated/α-hetero) is 1. The van der Waals surface area contributed by atoms with Crippen LogP contribution in [-0.2, 0) is 4.79 Å². The summed E-state index contributed by atoms with van der Waals surface area (Å²) < 4.78 is 67.8. The molecule has 7 heteroatoms. The van der Waals surface area contributed by atoms with Gasteiger partial charge >= 0.3 is 0 Å². The molecule has 2 saturated carbocycles. The van der Waals surface area contributed by atoms with E-state index < -0.39 is 62.9 Å². The number of rotatable bonds is 1. The number of allylic oxidation sites excluding steroid dienone is 1. The summed E-state index contributed by atoms with van der Waals surface area (Å²) in [6.45, 7) is 5.27. The van der Waals surface area contributed by atoms with Crippen LogP contribution >= 0.6 is 0 Å². The minimum Gasteiger partial charge on any atom is -0.507 e. The zero-order valence-electron chi connectivity index (χ0n) is 13.2. The summed E-state index contributed by atoms with van der Waals surface area (Å²) in [5, 5.41) is 10.3. The summed E-state index contributed by atoms with van der Waals surface area (Å²) >= 11 is 0. The van der Waals surface area contributed by atoms with Gasteiger partial charge < -0.3 is 5.11 Å². The molecule has 0 amide bonds. The second-order valence-electron chi connectivity index (χ2n) is 7.18. The van der Waals surface area contributed by atoms with Crippen molar-refractivity contribution in [3.63, 3.8) is 0 Å². The molecule has 0 saturated heterocycles. The normalized spacial score (nSPS) is 30.2. The highest BCUT2D eigenvalue weighted by Crippen LogP contribution is 2.66. The number of ketones is 1. The first kappa shape index (κ1) is 16.9. The molecule has 2 nitrogen and oxygen atoms in total. The molecular weight excluding hydrogens is 331 g/mol. The minimum atomic E-state index is -2.31. The van der Waals surface area contributed by atoms with Crippen LogP contribution in [0.25, 0.3) is 5.76 Å². The molecule has 2 aliphatic rings. The number of aliphatic hydroxyl groups excluding tert-OH is 1. The number of carbonyl (C=O) groups excluding carboxylic acids is 1. The summed E-state index contributed by atoms with van der Waals surface area (Å²) in [7, 11) is 0. The zero-order valence-corrected chi connectivity index (χ0v) is 13.2. The molecule has 130 valence electrons. The summed E-state index contributed by atoms with van der Waals surface area (Å²) in [5.74, 6) is -13.1. The van der Waals surface area contributed by atoms with Crippen LogP contribution in [0.3, 0.4) is 0 Å². The molecule has 2 bridgehead atoms. The van der Waals surface area contributed by atoms with Crippen LogP contribution in [0.1, 0.15) is 39.2 Å². The lowest BCUT2D eigenvalue weighted by atomic mass is 9.70. The molecule has 1 aromatic carbocycles. The molecule has 0 spiro atoms. The Balaban J connectivity index is 2.30. The Kier molecular flexibility index (Phi) is 3.38. The topological polar surface area (TPSA) is 37.3 Å². The zero-order chi connectivity index (χ0) is 18.2. The van der Waals surface area contributed by atoms with Crippen molar-refractivity contribution in [3.8, 4) is 0 Å². The number of carbonyl (C=O) groups is 1. The van der Waals surface area contributed by atoms with Gasteiger partial charge in [0.1, 0.15) is 5.76 Å². The average Bonchev–Trinajstić information content (AvgIpc) is 2.83. The number of hydrogen-bond acceptors (Lipinski definition) is 2. The highest BCUT2D eigenvalue weighted by molar-refractivity contribution is 6.09. The van der Waals surface area contributed by atoms with E-state index in [0.29, 0.717) is 12.8 Å². The molecule has 0 heterocycles. The third-order valence-corrected chi connectivity index (χ3v) is 6.02. The number of hydrogen-bond donors (Lipinski definition) is 1. The van der Waals surface area contributed by atoms with Crippen molar-refractivity contribution in [2.75, 3.05) is 0 Å². The van der Waals surface area contributed by atoms with Gasteiger partial charge in [0, 0.05) is 11.0 Å². The second-order valence-corrected chi connectivity index (χ2v) is 7.18. The molecular formula is C17H15F5O2. The third kappa shape index (κ3) is 1.73. The maximum atomic E-state index is 13.9. The molecule has 1 aromatic rings. The average molecular weight is 346 g/mol. The first-order valence-electron chi connectivity index (χ1n) is 7.46. The minimum absolute atomic E-state index is 0.253. The smallest absolute Gasteiger partial charge is 0.200 e. The van der Waals surface area contributed by atoms with Crippen molar-refractivity contribution in [2.24, 2.45) is 16.7 Å². The third-order valence-electron chi connectivity index (χ3n) is 6.02. The highest BCUT2D eigenvalue weighted by atomic mass is 19.2. The van der Waals surface area contributed by atoms with Crippen molar-refractivity contribution in [1.29, 1.82) is 0 Å². The Morgan fingerprint density at radius 3 is 1.83 bits per heavy atom. The summed E-state index contributed by atoms with van der Waals surface area (Å²) in [6.07, 6.45) is 1.03. The van der Waals surface area contributed by atoms with E-state index in [9.17, 15) is 31.9 Å². The van der Waals surface area contributed by atoms with E-state index >= 15 is 0 Å². The van der Waals surface area contributed by atoms with Crippen LogP contribution in [-0.4, -0.2) is 10.9 Å². The van der Waals surface area contributed by atoms with Crippen LogP contribution in [0, 0.1) is 45.8 Å². The molecule has 2 fully saturated rings. The van der Waals surface area contributed by atoms with Crippen molar-refractivity contribution >= 4 is 11.5 Å². The Labute approximate surface area is 135 Å². The van der Waals surface area contributed by atoms with Crippen LogP contribution < -0.4 is 0 Å². The van der Waals surface area contributed by atoms with Crippen molar-refractivity contribution in [3.05, 3.63) is 40.2 Å². The Morgan fingerprint density at radius 1 is 0.958 bits per heavy atom. The first-order chi connectivity index (χ1) is 11.0. The van der Waals surface area contributed by atoms with Gasteiger partial charge in [-0.15, -0.1) is 0 Å². The van der Waals surface area contributed by atoms with Crippen LogP contribution in [0.2, 0.25) is 0 Å². The lowest BCUT2D eigenvalue weighted by molar-refractivity contribution is -0.125. The Morgan fingerprint density at radius 2 is 1.42 bits per heavy atom. The van der Waals surface area contributed by atoms with Gasteiger partial charge in [0.05, 0.1) is 5.56 Å². The Hall–Kier alpha value is -1.92. The van der Waals surface area contributed by atoms with E-state index in [0.717, 1.165) is 0 Å². The first-order valence-corrected chi connectivity index (χ1v) is 7.46. The van der Waals surface area contributed by atoms with E-state index in [1.165, 1.54) is 0 Å². The molecule has 24 heavy (non-hydrogen) atoms. The van der Waals surface area contributed by atoms with Crippen molar-refractivity contribution in [1.82, 2.24) is 0 Å². The van der Waals surface area contributed by atoms with E-state index in [-0.39, 0.29) is 5.57 Å². The van der Waals surface area contributed by atoms with Crippen LogP contribution in [0.15, 0.2) is 5.57 Å². The van der Waals surface area contributed by atoms with Crippen molar-refractivity contribution in [2.45, 2.75) is 33.6 Å². The van der Waals surface area contributed by atoms with Gasteiger partial charge in [-0.3, -0.25) is 4.79 Å². The fourth-order valence-corrected chi connectivity index (χ4v) is 4.09. The van der Waals surface area contributed by atoms with Crippen molar-refractivity contribution < 1.29 is 31.9 Å². The van der Waals surface area contributed by atoms with Gasteiger partial charge in [-0.25, -0.2) is 22.0 Å². The van der Waals surface area contributed by atoms with E-state index in [1.54, 1.807) is 20.8 Å². The molecule has 0 aromatic heterocycles. The standard InChI is InChI=1S/C17H15F5O2/c1-16(2)6-4-5-17(16,3)15(24)7(6)14(23)8-9(18)11(20)13(22)12(21)10(8)19/h6,23H,4-5H2,1-3H3. The van der Waals surface area contributed by atoms with Gasteiger partial charge in [-0.1, -0.05) is 20.8 Å². The number of benzene rings is 1. The monoisotopic (exact) mass is 346 g/mol. The van der Waals surface area contributed by atoms with Gasteiger partial charge in [0.25, 0.3) is 0 Å². The van der Waals surface area contributed by atoms with Gasteiger partial charge in [0.2, 0.25) is 5.82 Å². The van der Waals surface area contributed by atoms with E-state index in [4.69, 9.17) is 0 Å². The fraction of sp³-hybridized carbons (Fsp3) is 0.471. The molecule has 0 aliphatic heterocycles. The van der Waals surface area contributed by atoms with Crippen LogP contribution in [0.5, 0.6) is 0 Å².